The van der Waals surface area contributed by atoms with Gasteiger partial charge in [-0.25, -0.2) is 4.79 Å². The summed E-state index contributed by atoms with van der Waals surface area (Å²) in [5.74, 6) is -1.59. The fraction of sp³-hybridized carbons (Fsp3) is 0.194. The Morgan fingerprint density at radius 3 is 2.36 bits per heavy atom. The highest BCUT2D eigenvalue weighted by molar-refractivity contribution is 6.46. The van der Waals surface area contributed by atoms with Crippen molar-refractivity contribution in [3.8, 4) is 5.75 Å². The fourth-order valence-corrected chi connectivity index (χ4v) is 4.99. The molecule has 1 unspecified atom stereocenters. The van der Waals surface area contributed by atoms with Crippen molar-refractivity contribution >= 4 is 34.3 Å². The molecule has 4 aromatic rings. The molecule has 8 heteroatoms. The molecule has 1 aliphatic heterocycles. The van der Waals surface area contributed by atoms with Crippen LogP contribution in [-0.4, -0.2) is 52.9 Å². The molecule has 1 aliphatic rings. The third-order valence-corrected chi connectivity index (χ3v) is 6.92. The zero-order valence-corrected chi connectivity index (χ0v) is 21.6. The number of H-pyrrole nitrogens is 1. The SMILES string of the molecule is CCOc1ccc(/C(O)=C2\C(=O)C(=O)N(CCc3c[nH]c4ccccc34)C2c2ccc(C(=O)OC)cc2)cc1. The van der Waals surface area contributed by atoms with Gasteiger partial charge in [-0.1, -0.05) is 30.3 Å². The van der Waals surface area contributed by atoms with Gasteiger partial charge in [0.2, 0.25) is 0 Å². The predicted molar refractivity (Wildman–Crippen MR) is 146 cm³/mol. The Morgan fingerprint density at radius 1 is 0.974 bits per heavy atom. The maximum atomic E-state index is 13.4. The molecule has 1 atom stereocenters. The van der Waals surface area contributed by atoms with Crippen molar-refractivity contribution in [3.63, 3.8) is 0 Å². The maximum absolute atomic E-state index is 13.4. The molecule has 2 N–H and O–H groups in total. The number of fused-ring (bicyclic) bond motifs is 1. The van der Waals surface area contributed by atoms with Crippen LogP contribution in [0.4, 0.5) is 0 Å². The Labute approximate surface area is 225 Å². The van der Waals surface area contributed by atoms with Crippen LogP contribution < -0.4 is 4.74 Å². The summed E-state index contributed by atoms with van der Waals surface area (Å²) in [7, 11) is 1.30. The van der Waals surface area contributed by atoms with E-state index in [0.29, 0.717) is 35.5 Å². The van der Waals surface area contributed by atoms with E-state index < -0.39 is 23.7 Å². The summed E-state index contributed by atoms with van der Waals surface area (Å²) in [6, 6.07) is 20.2. The van der Waals surface area contributed by atoms with E-state index in [4.69, 9.17) is 9.47 Å². The molecule has 1 amide bonds. The number of likely N-dealkylation sites (tertiary alicyclic amines) is 1. The summed E-state index contributed by atoms with van der Waals surface area (Å²) >= 11 is 0. The Kier molecular flexibility index (Phi) is 7.19. The second-order valence-electron chi connectivity index (χ2n) is 9.17. The number of ketones is 1. The second-order valence-corrected chi connectivity index (χ2v) is 9.17. The number of nitrogens with zero attached hydrogens (tertiary/aromatic N) is 1. The molecule has 1 fully saturated rings. The van der Waals surface area contributed by atoms with Gasteiger partial charge in [0, 0.05) is 29.2 Å². The van der Waals surface area contributed by atoms with Gasteiger partial charge in [0.25, 0.3) is 11.7 Å². The number of hydrogen-bond acceptors (Lipinski definition) is 6. The molecule has 2 heterocycles. The molecule has 1 saturated heterocycles. The molecule has 3 aromatic carbocycles. The van der Waals surface area contributed by atoms with Crippen molar-refractivity contribution < 1.29 is 29.0 Å². The summed E-state index contributed by atoms with van der Waals surface area (Å²) in [6.07, 6.45) is 2.40. The summed E-state index contributed by atoms with van der Waals surface area (Å²) < 4.78 is 10.3. The van der Waals surface area contributed by atoms with Gasteiger partial charge in [0.15, 0.2) is 0 Å². The Bertz CT molecular complexity index is 1570. The van der Waals surface area contributed by atoms with Crippen molar-refractivity contribution in [1.29, 1.82) is 0 Å². The molecule has 39 heavy (non-hydrogen) atoms. The quantitative estimate of drug-likeness (QED) is 0.145. The van der Waals surface area contributed by atoms with Gasteiger partial charge in [-0.15, -0.1) is 0 Å². The van der Waals surface area contributed by atoms with Crippen LogP contribution in [0.15, 0.2) is 84.6 Å². The van der Waals surface area contributed by atoms with Crippen molar-refractivity contribution in [1.82, 2.24) is 9.88 Å². The number of Topliss-reactive ketones (excluding diaryl/α,β-unsaturated/α-hetero) is 1. The minimum atomic E-state index is -0.839. The van der Waals surface area contributed by atoms with Gasteiger partial charge in [0.05, 0.1) is 30.9 Å². The largest absolute Gasteiger partial charge is 0.507 e. The van der Waals surface area contributed by atoms with E-state index >= 15 is 0 Å². The molecule has 1 aromatic heterocycles. The number of amides is 1. The predicted octanol–water partition coefficient (Wildman–Crippen LogP) is 5.02. The molecule has 198 valence electrons. The molecular weight excluding hydrogens is 496 g/mol. The van der Waals surface area contributed by atoms with Crippen LogP contribution in [0.5, 0.6) is 5.75 Å². The highest BCUT2D eigenvalue weighted by Gasteiger charge is 2.46. The number of aromatic nitrogens is 1. The van der Waals surface area contributed by atoms with Crippen molar-refractivity contribution in [2.75, 3.05) is 20.3 Å². The number of para-hydroxylation sites is 1. The molecule has 5 rings (SSSR count). The summed E-state index contributed by atoms with van der Waals surface area (Å²) in [4.78, 5) is 43.4. The lowest BCUT2D eigenvalue weighted by atomic mass is 9.94. The van der Waals surface area contributed by atoms with Crippen LogP contribution in [0.25, 0.3) is 16.7 Å². The average Bonchev–Trinajstić information content (AvgIpc) is 3.49. The lowest BCUT2D eigenvalue weighted by Gasteiger charge is -2.25. The highest BCUT2D eigenvalue weighted by Crippen LogP contribution is 2.40. The number of esters is 1. The summed E-state index contributed by atoms with van der Waals surface area (Å²) in [5.41, 5.74) is 3.31. The zero-order chi connectivity index (χ0) is 27.5. The van der Waals surface area contributed by atoms with Crippen molar-refractivity contribution in [3.05, 3.63) is 107 Å². The molecule has 0 saturated carbocycles. The molecule has 0 spiro atoms. The topological polar surface area (TPSA) is 109 Å². The lowest BCUT2D eigenvalue weighted by molar-refractivity contribution is -0.139. The van der Waals surface area contributed by atoms with Gasteiger partial charge >= 0.3 is 5.97 Å². The van der Waals surface area contributed by atoms with Crippen LogP contribution in [0.3, 0.4) is 0 Å². The molecular formula is C31H28N2O6. The van der Waals surface area contributed by atoms with Gasteiger partial charge in [-0.05, 0) is 66.9 Å². The maximum Gasteiger partial charge on any atom is 0.337 e. The third kappa shape index (κ3) is 4.88. The van der Waals surface area contributed by atoms with Gasteiger partial charge in [0.1, 0.15) is 11.5 Å². The van der Waals surface area contributed by atoms with Crippen molar-refractivity contribution in [2.24, 2.45) is 0 Å². The summed E-state index contributed by atoms with van der Waals surface area (Å²) in [5, 5.41) is 12.4. The first-order chi connectivity index (χ1) is 18.9. The Balaban J connectivity index is 1.55. The number of aliphatic hydroxyl groups is 1. The number of rotatable bonds is 8. The van der Waals surface area contributed by atoms with E-state index in [0.717, 1.165) is 16.5 Å². The number of aliphatic hydroxyl groups excluding tert-OH is 1. The van der Waals surface area contributed by atoms with E-state index in [9.17, 15) is 19.5 Å². The van der Waals surface area contributed by atoms with Gasteiger partial charge < -0.3 is 24.5 Å². The van der Waals surface area contributed by atoms with Crippen LogP contribution in [0.2, 0.25) is 0 Å². The van der Waals surface area contributed by atoms with E-state index in [1.165, 1.54) is 12.0 Å². The van der Waals surface area contributed by atoms with Crippen molar-refractivity contribution in [2.45, 2.75) is 19.4 Å². The first-order valence-electron chi connectivity index (χ1n) is 12.7. The van der Waals surface area contributed by atoms with Crippen LogP contribution in [-0.2, 0) is 20.7 Å². The number of carbonyl (C=O) groups excluding carboxylic acids is 3. The average molecular weight is 525 g/mol. The highest BCUT2D eigenvalue weighted by atomic mass is 16.5. The zero-order valence-electron chi connectivity index (χ0n) is 21.6. The van der Waals surface area contributed by atoms with E-state index in [1.54, 1.807) is 48.5 Å². The number of ether oxygens (including phenoxy) is 2. The Morgan fingerprint density at radius 2 is 1.67 bits per heavy atom. The van der Waals surface area contributed by atoms with E-state index in [-0.39, 0.29) is 17.9 Å². The van der Waals surface area contributed by atoms with E-state index in [2.05, 4.69) is 4.98 Å². The standard InChI is InChI=1S/C31H28N2O6/c1-3-39-23-14-12-20(13-15-23)28(34)26-27(19-8-10-21(11-9-19)31(37)38-2)33(30(36)29(26)35)17-16-22-18-32-25-7-5-4-6-24(22)25/h4-15,18,27,32,34H,3,16-17H2,1-2H3/b28-26+. The number of methoxy groups -OCH3 is 1. The molecule has 8 nitrogen and oxygen atoms in total. The lowest BCUT2D eigenvalue weighted by Crippen LogP contribution is -2.31. The number of benzene rings is 3. The normalized spacial score (nSPS) is 16.6. The first kappa shape index (κ1) is 25.8. The fourth-order valence-electron chi connectivity index (χ4n) is 4.99. The minimum absolute atomic E-state index is 0.00564. The number of hydrogen-bond donors (Lipinski definition) is 2. The molecule has 0 radical (unpaired) electrons. The minimum Gasteiger partial charge on any atom is -0.507 e. The number of carbonyl (C=O) groups is 3. The third-order valence-electron chi connectivity index (χ3n) is 6.92. The molecule has 0 aliphatic carbocycles. The number of nitrogens with one attached hydrogen (secondary N) is 1. The first-order valence-corrected chi connectivity index (χ1v) is 12.7. The van der Waals surface area contributed by atoms with Crippen LogP contribution in [0.1, 0.15) is 40.0 Å². The van der Waals surface area contributed by atoms with Gasteiger partial charge in [-0.3, -0.25) is 9.59 Å². The van der Waals surface area contributed by atoms with Crippen LogP contribution >= 0.6 is 0 Å². The summed E-state index contributed by atoms with van der Waals surface area (Å²) in [6.45, 7) is 2.61. The molecule has 0 bridgehead atoms. The Hall–Kier alpha value is -4.85. The smallest absolute Gasteiger partial charge is 0.337 e. The van der Waals surface area contributed by atoms with Crippen LogP contribution in [0, 0.1) is 0 Å². The van der Waals surface area contributed by atoms with E-state index in [1.807, 2.05) is 37.4 Å². The monoisotopic (exact) mass is 524 g/mol. The van der Waals surface area contributed by atoms with Gasteiger partial charge in [-0.2, -0.15) is 0 Å². The number of aromatic amines is 1. The second kappa shape index (κ2) is 10.9.